The molecule has 3 rings (SSSR count). The third kappa shape index (κ3) is 4.06. The average Bonchev–Trinajstić information content (AvgIpc) is 2.51. The Kier molecular flexibility index (Phi) is 4.91. The Morgan fingerprint density at radius 1 is 1.19 bits per heavy atom. The lowest BCUT2D eigenvalue weighted by Gasteiger charge is -2.23. The molecule has 1 saturated heterocycles. The largest absolute Gasteiger partial charge is 0.375 e. The van der Waals surface area contributed by atoms with Gasteiger partial charge in [-0.05, 0) is 36.2 Å². The molecular weight excluding hydrogens is 285 g/mol. The molecule has 0 spiro atoms. The van der Waals surface area contributed by atoms with E-state index in [0.717, 1.165) is 31.0 Å². The molecular formula is C17H18FNOS. The van der Waals surface area contributed by atoms with E-state index in [2.05, 4.69) is 17.4 Å². The number of hydrogen-bond acceptors (Lipinski definition) is 3. The van der Waals surface area contributed by atoms with Crippen molar-refractivity contribution in [2.24, 2.45) is 0 Å². The molecule has 0 bridgehead atoms. The van der Waals surface area contributed by atoms with Gasteiger partial charge < -0.3 is 10.1 Å². The van der Waals surface area contributed by atoms with Crippen LogP contribution >= 0.6 is 11.8 Å². The number of benzene rings is 2. The van der Waals surface area contributed by atoms with Crippen LogP contribution in [0.4, 0.5) is 4.39 Å². The average molecular weight is 303 g/mol. The molecule has 1 heterocycles. The summed E-state index contributed by atoms with van der Waals surface area (Å²) in [6.07, 6.45) is 1.12. The van der Waals surface area contributed by atoms with E-state index >= 15 is 0 Å². The van der Waals surface area contributed by atoms with Crippen LogP contribution in [0.3, 0.4) is 0 Å². The summed E-state index contributed by atoms with van der Waals surface area (Å²) in [5, 5.41) is 3.34. The highest BCUT2D eigenvalue weighted by Crippen LogP contribution is 2.30. The van der Waals surface area contributed by atoms with E-state index in [1.807, 2.05) is 18.2 Å². The minimum atomic E-state index is -0.173. The maximum Gasteiger partial charge on any atom is 0.137 e. The van der Waals surface area contributed by atoms with Gasteiger partial charge in [0.15, 0.2) is 0 Å². The van der Waals surface area contributed by atoms with Crippen LogP contribution in [-0.4, -0.2) is 25.8 Å². The summed E-state index contributed by atoms with van der Waals surface area (Å²) in [4.78, 5) is 1.71. The standard InChI is InChI=1S/C17H18FNOS/c18-16-6-1-2-7-17(16)21-15-5-3-4-13(11-15)10-14-12-19-8-9-20-14/h1-7,11,14,19H,8-10,12H2/t14-/m0/s1. The maximum atomic E-state index is 13.7. The van der Waals surface area contributed by atoms with Gasteiger partial charge in [0.1, 0.15) is 5.82 Å². The smallest absolute Gasteiger partial charge is 0.137 e. The highest BCUT2D eigenvalue weighted by molar-refractivity contribution is 7.99. The second kappa shape index (κ2) is 7.07. The second-order valence-corrected chi connectivity index (χ2v) is 6.20. The Morgan fingerprint density at radius 3 is 2.90 bits per heavy atom. The van der Waals surface area contributed by atoms with E-state index in [0.29, 0.717) is 4.90 Å². The fourth-order valence-corrected chi connectivity index (χ4v) is 3.33. The van der Waals surface area contributed by atoms with Crippen LogP contribution in [0.2, 0.25) is 0 Å². The Hall–Kier alpha value is -1.36. The first-order valence-corrected chi connectivity index (χ1v) is 7.96. The van der Waals surface area contributed by atoms with Crippen molar-refractivity contribution < 1.29 is 9.13 Å². The van der Waals surface area contributed by atoms with Gasteiger partial charge in [0.2, 0.25) is 0 Å². The van der Waals surface area contributed by atoms with Crippen molar-refractivity contribution >= 4 is 11.8 Å². The number of ether oxygens (including phenoxy) is 1. The summed E-state index contributed by atoms with van der Waals surface area (Å²) in [7, 11) is 0. The fourth-order valence-electron chi connectivity index (χ4n) is 2.40. The lowest BCUT2D eigenvalue weighted by atomic mass is 10.1. The lowest BCUT2D eigenvalue weighted by Crippen LogP contribution is -2.39. The molecule has 0 saturated carbocycles. The zero-order valence-electron chi connectivity index (χ0n) is 11.7. The van der Waals surface area contributed by atoms with E-state index in [1.54, 1.807) is 12.1 Å². The van der Waals surface area contributed by atoms with Crippen molar-refractivity contribution in [3.05, 3.63) is 59.9 Å². The summed E-state index contributed by atoms with van der Waals surface area (Å²) < 4.78 is 19.4. The Labute approximate surface area is 128 Å². The number of nitrogens with one attached hydrogen (secondary N) is 1. The summed E-state index contributed by atoms with van der Waals surface area (Å²) in [6, 6.07) is 15.1. The number of morpholine rings is 1. The first kappa shape index (κ1) is 14.6. The summed E-state index contributed by atoms with van der Waals surface area (Å²) in [5.74, 6) is -0.173. The molecule has 1 aliphatic heterocycles. The van der Waals surface area contributed by atoms with Gasteiger partial charge in [-0.15, -0.1) is 0 Å². The molecule has 0 radical (unpaired) electrons. The van der Waals surface area contributed by atoms with Crippen molar-refractivity contribution in [3.63, 3.8) is 0 Å². The fraction of sp³-hybridized carbons (Fsp3) is 0.294. The zero-order valence-corrected chi connectivity index (χ0v) is 12.5. The van der Waals surface area contributed by atoms with E-state index in [-0.39, 0.29) is 11.9 Å². The van der Waals surface area contributed by atoms with Gasteiger partial charge >= 0.3 is 0 Å². The van der Waals surface area contributed by atoms with Gasteiger partial charge in [-0.1, -0.05) is 36.0 Å². The Bertz CT molecular complexity index is 599. The highest BCUT2D eigenvalue weighted by atomic mass is 32.2. The minimum absolute atomic E-state index is 0.173. The first-order valence-electron chi connectivity index (χ1n) is 7.15. The van der Waals surface area contributed by atoms with Crippen molar-refractivity contribution in [2.45, 2.75) is 22.3 Å². The zero-order chi connectivity index (χ0) is 14.5. The molecule has 1 fully saturated rings. The summed E-state index contributed by atoms with van der Waals surface area (Å²) >= 11 is 1.46. The predicted molar refractivity (Wildman–Crippen MR) is 83.3 cm³/mol. The monoisotopic (exact) mass is 303 g/mol. The molecule has 21 heavy (non-hydrogen) atoms. The summed E-state index contributed by atoms with van der Waals surface area (Å²) in [6.45, 7) is 2.60. The van der Waals surface area contributed by atoms with Crippen molar-refractivity contribution in [1.29, 1.82) is 0 Å². The molecule has 0 amide bonds. The quantitative estimate of drug-likeness (QED) is 0.934. The van der Waals surface area contributed by atoms with E-state index < -0.39 is 0 Å². The molecule has 2 aromatic rings. The van der Waals surface area contributed by atoms with Crippen LogP contribution < -0.4 is 5.32 Å². The van der Waals surface area contributed by atoms with E-state index in [9.17, 15) is 4.39 Å². The van der Waals surface area contributed by atoms with Gasteiger partial charge in [-0.2, -0.15) is 0 Å². The number of rotatable bonds is 4. The molecule has 2 nitrogen and oxygen atoms in total. The Morgan fingerprint density at radius 2 is 2.10 bits per heavy atom. The van der Waals surface area contributed by atoms with Crippen LogP contribution in [0.25, 0.3) is 0 Å². The molecule has 1 N–H and O–H groups in total. The van der Waals surface area contributed by atoms with Crippen LogP contribution in [0, 0.1) is 5.82 Å². The third-order valence-electron chi connectivity index (χ3n) is 3.43. The van der Waals surface area contributed by atoms with Crippen LogP contribution in [-0.2, 0) is 11.2 Å². The molecule has 2 aromatic carbocycles. The van der Waals surface area contributed by atoms with Crippen LogP contribution in [0.5, 0.6) is 0 Å². The van der Waals surface area contributed by atoms with Gasteiger partial charge in [0.05, 0.1) is 12.7 Å². The molecule has 0 aromatic heterocycles. The molecule has 0 unspecified atom stereocenters. The van der Waals surface area contributed by atoms with Gasteiger partial charge in [0.25, 0.3) is 0 Å². The maximum absolute atomic E-state index is 13.7. The third-order valence-corrected chi connectivity index (χ3v) is 4.47. The van der Waals surface area contributed by atoms with E-state index in [4.69, 9.17) is 4.74 Å². The van der Waals surface area contributed by atoms with Gasteiger partial charge in [-0.25, -0.2) is 4.39 Å². The Balaban J connectivity index is 1.69. The first-order chi connectivity index (χ1) is 10.3. The lowest BCUT2D eigenvalue weighted by molar-refractivity contribution is 0.0292. The molecule has 4 heteroatoms. The molecule has 1 aliphatic rings. The molecule has 1 atom stereocenters. The molecule has 0 aliphatic carbocycles. The second-order valence-electron chi connectivity index (χ2n) is 5.08. The SMILES string of the molecule is Fc1ccccc1Sc1cccc(C[C@H]2CNCCO2)c1. The summed E-state index contributed by atoms with van der Waals surface area (Å²) in [5.41, 5.74) is 1.23. The van der Waals surface area contributed by atoms with Crippen molar-refractivity contribution in [2.75, 3.05) is 19.7 Å². The van der Waals surface area contributed by atoms with Crippen LogP contribution in [0.1, 0.15) is 5.56 Å². The minimum Gasteiger partial charge on any atom is -0.375 e. The van der Waals surface area contributed by atoms with Gasteiger partial charge in [0, 0.05) is 22.9 Å². The predicted octanol–water partition coefficient (Wildman–Crippen LogP) is 3.51. The van der Waals surface area contributed by atoms with Crippen LogP contribution in [0.15, 0.2) is 58.3 Å². The van der Waals surface area contributed by atoms with E-state index in [1.165, 1.54) is 23.4 Å². The van der Waals surface area contributed by atoms with Crippen molar-refractivity contribution in [1.82, 2.24) is 5.32 Å². The molecule has 110 valence electrons. The van der Waals surface area contributed by atoms with Gasteiger partial charge in [-0.3, -0.25) is 0 Å². The number of hydrogen-bond donors (Lipinski definition) is 1. The highest BCUT2D eigenvalue weighted by Gasteiger charge is 2.14. The topological polar surface area (TPSA) is 21.3 Å². The number of halogens is 1. The van der Waals surface area contributed by atoms with Crippen molar-refractivity contribution in [3.8, 4) is 0 Å². The normalized spacial score (nSPS) is 18.6.